The fourth-order valence-corrected chi connectivity index (χ4v) is 4.77. The highest BCUT2D eigenvalue weighted by Crippen LogP contribution is 2.35. The Kier molecular flexibility index (Phi) is 26.9. The van der Waals surface area contributed by atoms with E-state index >= 15 is 0 Å². The van der Waals surface area contributed by atoms with Crippen molar-refractivity contribution in [3.05, 3.63) is 86.7 Å². The van der Waals surface area contributed by atoms with Crippen LogP contribution in [0.15, 0.2) is 60.5 Å². The lowest BCUT2D eigenvalue weighted by atomic mass is 10.1. The van der Waals surface area contributed by atoms with Crippen LogP contribution in [0.2, 0.25) is 15.1 Å². The summed E-state index contributed by atoms with van der Waals surface area (Å²) in [6.07, 6.45) is 9.06. The number of unbranched alkanes of at least 4 members (excludes halogenated alkanes) is 1. The molecule has 0 aliphatic carbocycles. The summed E-state index contributed by atoms with van der Waals surface area (Å²) in [4.78, 5) is 13.6. The Morgan fingerprint density at radius 2 is 1.55 bits per heavy atom. The van der Waals surface area contributed by atoms with Gasteiger partial charge in [0.1, 0.15) is 11.9 Å². The summed E-state index contributed by atoms with van der Waals surface area (Å²) in [6, 6.07) is 11.4. The first-order chi connectivity index (χ1) is 20.2. The third-order valence-corrected chi connectivity index (χ3v) is 6.88. The molecule has 2 aromatic heterocycles. The zero-order chi connectivity index (χ0) is 32.5. The van der Waals surface area contributed by atoms with Crippen LogP contribution in [0.25, 0.3) is 10.1 Å². The summed E-state index contributed by atoms with van der Waals surface area (Å²) in [5.41, 5.74) is 2.01. The summed E-state index contributed by atoms with van der Waals surface area (Å²) < 4.78 is 9.35. The number of halogens is 3. The smallest absolute Gasteiger partial charge is 0.126 e. The van der Waals surface area contributed by atoms with Crippen LogP contribution in [0.1, 0.15) is 106 Å². The molecule has 0 saturated heterocycles. The van der Waals surface area contributed by atoms with E-state index in [-0.39, 0.29) is 11.9 Å². The summed E-state index contributed by atoms with van der Waals surface area (Å²) in [5.74, 6) is 0.167. The van der Waals surface area contributed by atoms with E-state index in [0.717, 1.165) is 26.2 Å². The normalized spacial score (nSPS) is 10.1. The SMILES string of the molecule is CC.CC.CC(C)=O.CCC.CCCC.Clc1ccc([C@H](Cn2ccnc2)OCc2csc3c(Cl)cccc23)c(Cl)c1. The second-order valence-corrected chi connectivity index (χ2v) is 10.8. The summed E-state index contributed by atoms with van der Waals surface area (Å²) in [7, 11) is 0. The standard InChI is InChI=1S/C20H15Cl3N2OS.C4H10.C3H6O.C3H8.2C2H6/c21-14-4-5-16(18(23)8-14)19(9-25-7-6-24-12-25)26-10-13-11-27-20-15(13)2-1-3-17(20)22;1-3-4-2;1-3(2)4;1-3-2;2*1-2/h1-8,11-12,19H,9-10H2;3-4H2,1-2H3;1-2H3;3H2,1-2H3;2*1-2H3/t19-;;;;;/m0...../s1. The molecular weight excluding hydrogens is 607 g/mol. The number of benzene rings is 2. The van der Waals surface area contributed by atoms with Crippen molar-refractivity contribution >= 4 is 62.0 Å². The summed E-state index contributed by atoms with van der Waals surface area (Å²) >= 11 is 20.4. The first-order valence-electron chi connectivity index (χ1n) is 14.8. The lowest BCUT2D eigenvalue weighted by molar-refractivity contribution is -0.115. The Bertz CT molecular complexity index is 1200. The van der Waals surface area contributed by atoms with Crippen molar-refractivity contribution < 1.29 is 9.53 Å². The molecule has 4 aromatic rings. The zero-order valence-corrected chi connectivity index (χ0v) is 30.2. The average molecular weight is 658 g/mol. The van der Waals surface area contributed by atoms with Crippen molar-refractivity contribution in [1.82, 2.24) is 9.55 Å². The Morgan fingerprint density at radius 1 is 0.952 bits per heavy atom. The molecule has 2 heterocycles. The average Bonchev–Trinajstić information content (AvgIpc) is 3.64. The number of ether oxygens (including phenoxy) is 1. The van der Waals surface area contributed by atoms with E-state index in [1.165, 1.54) is 33.1 Å². The van der Waals surface area contributed by atoms with E-state index in [4.69, 9.17) is 39.5 Å². The van der Waals surface area contributed by atoms with Gasteiger partial charge in [-0.25, -0.2) is 4.98 Å². The van der Waals surface area contributed by atoms with E-state index in [9.17, 15) is 4.79 Å². The number of imidazole rings is 1. The molecule has 4 rings (SSSR count). The Hall–Kier alpha value is -1.89. The number of carbonyl (C=O) groups excluding carboxylic acids is 1. The molecule has 0 spiro atoms. The summed E-state index contributed by atoms with van der Waals surface area (Å²) in [5, 5.41) is 5.17. The molecule has 0 amide bonds. The maximum atomic E-state index is 9.44. The molecular formula is C34H51Cl3N2O2S. The fraction of sp³-hybridized carbons (Fsp3) is 0.471. The van der Waals surface area contributed by atoms with Gasteiger partial charge in [-0.15, -0.1) is 11.3 Å². The van der Waals surface area contributed by atoms with Crippen LogP contribution in [-0.4, -0.2) is 15.3 Å². The molecule has 0 N–H and O–H groups in total. The largest absolute Gasteiger partial charge is 0.367 e. The fourth-order valence-electron chi connectivity index (χ4n) is 2.97. The van der Waals surface area contributed by atoms with Gasteiger partial charge < -0.3 is 14.1 Å². The molecule has 4 nitrogen and oxygen atoms in total. The molecule has 0 aliphatic heterocycles. The van der Waals surface area contributed by atoms with E-state index in [1.54, 1.807) is 29.9 Å². The third-order valence-electron chi connectivity index (χ3n) is 4.82. The maximum absolute atomic E-state index is 9.44. The van der Waals surface area contributed by atoms with Gasteiger partial charge in [0.25, 0.3) is 0 Å². The molecule has 0 radical (unpaired) electrons. The number of hydrogen-bond donors (Lipinski definition) is 0. The van der Waals surface area contributed by atoms with Crippen molar-refractivity contribution in [2.75, 3.05) is 0 Å². The first-order valence-corrected chi connectivity index (χ1v) is 16.8. The number of thiophene rings is 1. The van der Waals surface area contributed by atoms with Gasteiger partial charge in [0.2, 0.25) is 0 Å². The van der Waals surface area contributed by atoms with E-state index in [0.29, 0.717) is 23.2 Å². The topological polar surface area (TPSA) is 44.1 Å². The van der Waals surface area contributed by atoms with E-state index in [2.05, 4.69) is 44.1 Å². The van der Waals surface area contributed by atoms with Crippen LogP contribution in [0.3, 0.4) is 0 Å². The monoisotopic (exact) mass is 656 g/mol. The van der Waals surface area contributed by atoms with Gasteiger partial charge in [0.05, 0.1) is 29.2 Å². The minimum atomic E-state index is -0.238. The minimum Gasteiger partial charge on any atom is -0.367 e. The molecule has 0 saturated carbocycles. The highest BCUT2D eigenvalue weighted by atomic mass is 35.5. The van der Waals surface area contributed by atoms with E-state index < -0.39 is 0 Å². The highest BCUT2D eigenvalue weighted by Gasteiger charge is 2.18. The van der Waals surface area contributed by atoms with Gasteiger partial charge in [-0.3, -0.25) is 0 Å². The van der Waals surface area contributed by atoms with Crippen LogP contribution in [-0.2, 0) is 22.7 Å². The molecule has 0 bridgehead atoms. The second kappa shape index (κ2) is 26.7. The molecule has 0 fully saturated rings. The minimum absolute atomic E-state index is 0.167. The van der Waals surface area contributed by atoms with Gasteiger partial charge in [0.15, 0.2) is 0 Å². The number of fused-ring (bicyclic) bond motifs is 1. The van der Waals surface area contributed by atoms with Crippen LogP contribution in [0.4, 0.5) is 0 Å². The maximum Gasteiger partial charge on any atom is 0.126 e. The molecule has 236 valence electrons. The second-order valence-electron chi connectivity index (χ2n) is 8.72. The molecule has 2 aromatic carbocycles. The summed E-state index contributed by atoms with van der Waals surface area (Å²) in [6.45, 7) is 20.7. The number of ketones is 1. The molecule has 0 aliphatic rings. The molecule has 1 atom stereocenters. The predicted molar refractivity (Wildman–Crippen MR) is 189 cm³/mol. The Balaban J connectivity index is 0. The molecule has 0 unspecified atom stereocenters. The number of carbonyl (C=O) groups is 1. The first kappa shape index (κ1) is 42.2. The Morgan fingerprint density at radius 3 is 2.05 bits per heavy atom. The number of aromatic nitrogens is 2. The lowest BCUT2D eigenvalue weighted by Gasteiger charge is -2.20. The van der Waals surface area contributed by atoms with Crippen molar-refractivity contribution in [2.24, 2.45) is 0 Å². The zero-order valence-electron chi connectivity index (χ0n) is 27.1. The van der Waals surface area contributed by atoms with Gasteiger partial charge in [-0.1, -0.05) is 128 Å². The number of Topliss-reactive ketones (excluding diaryl/α,β-unsaturated/α-hetero) is 1. The van der Waals surface area contributed by atoms with Gasteiger partial charge in [0, 0.05) is 28.0 Å². The van der Waals surface area contributed by atoms with Crippen LogP contribution in [0.5, 0.6) is 0 Å². The Labute approximate surface area is 274 Å². The van der Waals surface area contributed by atoms with E-state index in [1.807, 2.05) is 62.7 Å². The number of hydrogen-bond acceptors (Lipinski definition) is 4. The van der Waals surface area contributed by atoms with Crippen molar-refractivity contribution in [1.29, 1.82) is 0 Å². The van der Waals surface area contributed by atoms with Gasteiger partial charge >= 0.3 is 0 Å². The van der Waals surface area contributed by atoms with Crippen LogP contribution < -0.4 is 0 Å². The van der Waals surface area contributed by atoms with Crippen LogP contribution in [0, 0.1) is 0 Å². The highest BCUT2D eigenvalue weighted by molar-refractivity contribution is 7.18. The predicted octanol–water partition coefficient (Wildman–Crippen LogP) is 12.9. The quantitative estimate of drug-likeness (QED) is 0.199. The van der Waals surface area contributed by atoms with Crippen molar-refractivity contribution in [2.45, 2.75) is 108 Å². The third kappa shape index (κ3) is 17.3. The van der Waals surface area contributed by atoms with Crippen molar-refractivity contribution in [3.8, 4) is 0 Å². The van der Waals surface area contributed by atoms with Gasteiger partial charge in [-0.05, 0) is 48.4 Å². The number of nitrogens with zero attached hydrogens (tertiary/aromatic N) is 2. The van der Waals surface area contributed by atoms with Crippen LogP contribution >= 0.6 is 46.1 Å². The number of rotatable bonds is 7. The lowest BCUT2D eigenvalue weighted by Crippen LogP contribution is -2.12. The van der Waals surface area contributed by atoms with Crippen molar-refractivity contribution in [3.63, 3.8) is 0 Å². The molecule has 42 heavy (non-hydrogen) atoms. The molecule has 8 heteroatoms. The van der Waals surface area contributed by atoms with Gasteiger partial charge in [-0.2, -0.15) is 0 Å².